The Morgan fingerprint density at radius 3 is 2.09 bits per heavy atom. The quantitative estimate of drug-likeness (QED) is 0.683. The fraction of sp³-hybridized carbons (Fsp3) is 0.333. The van der Waals surface area contributed by atoms with Gasteiger partial charge in [-0.05, 0) is 12.1 Å². The molecule has 0 aromatic heterocycles. The Labute approximate surface area is 73.4 Å². The lowest BCUT2D eigenvalue weighted by Gasteiger charge is -1.99. The molecule has 0 saturated carbocycles. The molecule has 0 aliphatic rings. The third-order valence-corrected chi connectivity index (χ3v) is 1.47. The molecule has 1 N–H and O–H groups in total. The minimum absolute atomic E-state index is 0.764. The highest BCUT2D eigenvalue weighted by molar-refractivity contribution is 6.33. The van der Waals surface area contributed by atoms with E-state index < -0.39 is 0 Å². The van der Waals surface area contributed by atoms with Crippen molar-refractivity contribution >= 4 is 17.3 Å². The van der Waals surface area contributed by atoms with Gasteiger partial charge in [-0.3, -0.25) is 0 Å². The highest BCUT2D eigenvalue weighted by Crippen LogP contribution is 2.18. The summed E-state index contributed by atoms with van der Waals surface area (Å²) < 4.78 is 0. The average molecular weight is 172 g/mol. The Hall–Kier alpha value is -0.690. The molecule has 1 nitrogen and oxygen atoms in total. The largest absolute Gasteiger partial charge is 0.387 e. The molecule has 1 rings (SSSR count). The molecular weight excluding hydrogens is 158 g/mol. The van der Waals surface area contributed by atoms with Crippen molar-refractivity contribution in [3.63, 3.8) is 0 Å². The molecule has 0 heterocycles. The van der Waals surface area contributed by atoms with Gasteiger partial charge in [0.1, 0.15) is 0 Å². The van der Waals surface area contributed by atoms with E-state index in [0.29, 0.717) is 0 Å². The van der Waals surface area contributed by atoms with E-state index in [0.717, 1.165) is 10.7 Å². The molecule has 62 valence electrons. The number of rotatable bonds is 1. The van der Waals surface area contributed by atoms with Crippen molar-refractivity contribution in [1.82, 2.24) is 0 Å². The van der Waals surface area contributed by atoms with Crippen LogP contribution in [0.3, 0.4) is 0 Å². The van der Waals surface area contributed by atoms with Gasteiger partial charge in [-0.25, -0.2) is 0 Å². The third kappa shape index (κ3) is 3.28. The van der Waals surface area contributed by atoms with Crippen LogP contribution in [0.4, 0.5) is 5.69 Å². The molecule has 1 aromatic carbocycles. The van der Waals surface area contributed by atoms with E-state index in [1.54, 1.807) is 0 Å². The number of hydrogen-bond donors (Lipinski definition) is 1. The molecule has 0 aliphatic heterocycles. The summed E-state index contributed by atoms with van der Waals surface area (Å²) in [6, 6.07) is 7.64. The standard InChI is InChI=1S/C7H8ClN.C2H6/c1-9-7-5-3-2-4-6(7)8;1-2/h2-5,9H,1H3;1-2H3. The minimum atomic E-state index is 0.764. The van der Waals surface area contributed by atoms with Crippen molar-refractivity contribution in [3.8, 4) is 0 Å². The fourth-order valence-electron chi connectivity index (χ4n) is 0.664. The highest BCUT2D eigenvalue weighted by Gasteiger charge is 1.91. The van der Waals surface area contributed by atoms with E-state index >= 15 is 0 Å². The SMILES string of the molecule is CC.CNc1ccccc1Cl. The Morgan fingerprint density at radius 2 is 1.73 bits per heavy atom. The van der Waals surface area contributed by atoms with Gasteiger partial charge in [0, 0.05) is 7.05 Å². The van der Waals surface area contributed by atoms with Gasteiger partial charge in [-0.15, -0.1) is 0 Å². The zero-order valence-electron chi connectivity index (χ0n) is 7.19. The maximum absolute atomic E-state index is 5.76. The molecule has 11 heavy (non-hydrogen) atoms. The van der Waals surface area contributed by atoms with E-state index in [9.17, 15) is 0 Å². The first-order chi connectivity index (χ1) is 5.34. The minimum Gasteiger partial charge on any atom is -0.387 e. The van der Waals surface area contributed by atoms with Crippen LogP contribution in [-0.4, -0.2) is 7.05 Å². The summed E-state index contributed by atoms with van der Waals surface area (Å²) in [4.78, 5) is 0. The van der Waals surface area contributed by atoms with Gasteiger partial charge in [0.05, 0.1) is 10.7 Å². The fourth-order valence-corrected chi connectivity index (χ4v) is 0.894. The molecule has 0 fully saturated rings. The van der Waals surface area contributed by atoms with Crippen LogP contribution in [0, 0.1) is 0 Å². The van der Waals surface area contributed by atoms with E-state index in [1.807, 2.05) is 45.2 Å². The van der Waals surface area contributed by atoms with Crippen molar-refractivity contribution in [2.24, 2.45) is 0 Å². The molecule has 0 amide bonds. The molecule has 0 spiro atoms. The maximum Gasteiger partial charge on any atom is 0.0637 e. The number of nitrogens with one attached hydrogen (secondary N) is 1. The summed E-state index contributed by atoms with van der Waals surface area (Å²) in [5.41, 5.74) is 0.971. The van der Waals surface area contributed by atoms with Crippen molar-refractivity contribution in [1.29, 1.82) is 0 Å². The van der Waals surface area contributed by atoms with Gasteiger partial charge < -0.3 is 5.32 Å². The van der Waals surface area contributed by atoms with Gasteiger partial charge in [-0.2, -0.15) is 0 Å². The van der Waals surface area contributed by atoms with Crippen LogP contribution in [0.1, 0.15) is 13.8 Å². The predicted octanol–water partition coefficient (Wildman–Crippen LogP) is 3.41. The third-order valence-electron chi connectivity index (χ3n) is 1.14. The van der Waals surface area contributed by atoms with Crippen molar-refractivity contribution in [3.05, 3.63) is 29.3 Å². The smallest absolute Gasteiger partial charge is 0.0637 e. The van der Waals surface area contributed by atoms with Crippen LogP contribution in [-0.2, 0) is 0 Å². The first kappa shape index (κ1) is 10.3. The van der Waals surface area contributed by atoms with Crippen LogP contribution < -0.4 is 5.32 Å². The van der Waals surface area contributed by atoms with E-state index in [4.69, 9.17) is 11.6 Å². The Morgan fingerprint density at radius 1 is 1.18 bits per heavy atom. The second-order valence-corrected chi connectivity index (χ2v) is 2.14. The first-order valence-electron chi connectivity index (χ1n) is 3.77. The number of benzene rings is 1. The predicted molar refractivity (Wildman–Crippen MR) is 52.3 cm³/mol. The second-order valence-electron chi connectivity index (χ2n) is 1.73. The topological polar surface area (TPSA) is 12.0 Å². The summed E-state index contributed by atoms with van der Waals surface area (Å²) in [7, 11) is 1.85. The van der Waals surface area contributed by atoms with Gasteiger partial charge in [-0.1, -0.05) is 37.6 Å². The molecule has 2 heteroatoms. The lowest BCUT2D eigenvalue weighted by atomic mass is 10.3. The summed E-state index contributed by atoms with van der Waals surface area (Å²) in [5.74, 6) is 0. The lowest BCUT2D eigenvalue weighted by molar-refractivity contribution is 1.50. The molecule has 0 aliphatic carbocycles. The van der Waals surface area contributed by atoms with Crippen molar-refractivity contribution in [2.75, 3.05) is 12.4 Å². The number of anilines is 1. The van der Waals surface area contributed by atoms with Crippen molar-refractivity contribution in [2.45, 2.75) is 13.8 Å². The molecule has 0 saturated heterocycles. The lowest BCUT2D eigenvalue weighted by Crippen LogP contribution is -1.86. The highest BCUT2D eigenvalue weighted by atomic mass is 35.5. The summed E-state index contributed by atoms with van der Waals surface area (Å²) >= 11 is 5.76. The molecular formula is C9H14ClN. The van der Waals surface area contributed by atoms with Crippen molar-refractivity contribution < 1.29 is 0 Å². The summed E-state index contributed by atoms with van der Waals surface area (Å²) in [5, 5.41) is 3.73. The zero-order valence-corrected chi connectivity index (χ0v) is 7.94. The van der Waals surface area contributed by atoms with Gasteiger partial charge in [0.2, 0.25) is 0 Å². The van der Waals surface area contributed by atoms with E-state index in [2.05, 4.69) is 5.32 Å². The summed E-state index contributed by atoms with van der Waals surface area (Å²) in [6.07, 6.45) is 0. The molecule has 0 atom stereocenters. The van der Waals surface area contributed by atoms with Crippen LogP contribution >= 0.6 is 11.6 Å². The summed E-state index contributed by atoms with van der Waals surface area (Å²) in [6.45, 7) is 4.00. The second kappa shape index (κ2) is 6.05. The molecule has 0 unspecified atom stereocenters. The van der Waals surface area contributed by atoms with E-state index in [1.165, 1.54) is 0 Å². The zero-order chi connectivity index (χ0) is 8.69. The van der Waals surface area contributed by atoms with Crippen LogP contribution in [0.15, 0.2) is 24.3 Å². The average Bonchev–Trinajstić information content (AvgIpc) is 2.09. The van der Waals surface area contributed by atoms with Crippen LogP contribution in [0.5, 0.6) is 0 Å². The van der Waals surface area contributed by atoms with Gasteiger partial charge in [0.25, 0.3) is 0 Å². The van der Waals surface area contributed by atoms with Gasteiger partial charge >= 0.3 is 0 Å². The first-order valence-corrected chi connectivity index (χ1v) is 4.14. The Bertz CT molecular complexity index is 199. The molecule has 0 bridgehead atoms. The normalized spacial score (nSPS) is 8.00. The number of halogens is 1. The Balaban J connectivity index is 0.000000461. The monoisotopic (exact) mass is 171 g/mol. The van der Waals surface area contributed by atoms with Gasteiger partial charge in [0.15, 0.2) is 0 Å². The number of para-hydroxylation sites is 1. The van der Waals surface area contributed by atoms with Crippen LogP contribution in [0.25, 0.3) is 0 Å². The maximum atomic E-state index is 5.76. The Kier molecular flexibility index (Phi) is 5.67. The molecule has 0 radical (unpaired) electrons. The molecule has 1 aromatic rings. The number of hydrogen-bond acceptors (Lipinski definition) is 1. The van der Waals surface area contributed by atoms with Crippen LogP contribution in [0.2, 0.25) is 5.02 Å². The van der Waals surface area contributed by atoms with E-state index in [-0.39, 0.29) is 0 Å².